The number of amides is 1. The summed E-state index contributed by atoms with van der Waals surface area (Å²) >= 11 is 4.24. The highest BCUT2D eigenvalue weighted by molar-refractivity contribution is 7.80. The Kier molecular flexibility index (Phi) is 14.0. The number of hydrogen-bond donors (Lipinski definition) is 5. The number of nitrogens with one attached hydrogen (secondary N) is 1. The molecule has 0 heterocycles. The fraction of sp³-hybridized carbons (Fsp3) is 0.875. The SMILES string of the molecule is CC(S)CCOC(=O)[C@H](CCCCN)NC(=O)[C@@H](N)CCCCN. The minimum Gasteiger partial charge on any atom is -0.464 e. The van der Waals surface area contributed by atoms with Crippen molar-refractivity contribution in [3.8, 4) is 0 Å². The summed E-state index contributed by atoms with van der Waals surface area (Å²) in [4.78, 5) is 24.3. The van der Waals surface area contributed by atoms with E-state index in [1.807, 2.05) is 6.92 Å². The van der Waals surface area contributed by atoms with Gasteiger partial charge in [-0.2, -0.15) is 12.6 Å². The highest BCUT2D eigenvalue weighted by Gasteiger charge is 2.24. The number of rotatable bonds is 14. The van der Waals surface area contributed by atoms with Crippen LogP contribution in [0.3, 0.4) is 0 Å². The monoisotopic (exact) mass is 362 g/mol. The van der Waals surface area contributed by atoms with E-state index in [1.165, 1.54) is 0 Å². The molecule has 0 radical (unpaired) electrons. The van der Waals surface area contributed by atoms with Gasteiger partial charge in [-0.1, -0.05) is 13.3 Å². The number of ether oxygens (including phenoxy) is 1. The van der Waals surface area contributed by atoms with Crippen molar-refractivity contribution < 1.29 is 14.3 Å². The maximum Gasteiger partial charge on any atom is 0.328 e. The summed E-state index contributed by atoms with van der Waals surface area (Å²) in [6.07, 6.45) is 4.84. The molecule has 0 rings (SSSR count). The standard InChI is InChI=1S/C16H34N4O3S/c1-12(24)8-11-23-16(22)14(7-3-5-10-18)20-15(21)13(19)6-2-4-9-17/h12-14,24H,2-11,17-19H2,1H3,(H,20,21)/t12?,13-,14-/m0/s1. The van der Waals surface area contributed by atoms with E-state index < -0.39 is 18.1 Å². The number of carbonyl (C=O) groups is 2. The van der Waals surface area contributed by atoms with Crippen LogP contribution in [0.1, 0.15) is 51.9 Å². The maximum atomic E-state index is 12.2. The van der Waals surface area contributed by atoms with Crippen LogP contribution in [0.5, 0.6) is 0 Å². The zero-order chi connectivity index (χ0) is 18.4. The van der Waals surface area contributed by atoms with Gasteiger partial charge in [0.15, 0.2) is 0 Å². The molecule has 0 aliphatic heterocycles. The molecule has 0 aliphatic rings. The topological polar surface area (TPSA) is 133 Å². The molecular weight excluding hydrogens is 328 g/mol. The Balaban J connectivity index is 4.46. The van der Waals surface area contributed by atoms with Crippen LogP contribution in [-0.4, -0.2) is 48.9 Å². The largest absolute Gasteiger partial charge is 0.464 e. The van der Waals surface area contributed by atoms with Gasteiger partial charge >= 0.3 is 5.97 Å². The number of nitrogens with two attached hydrogens (primary N) is 3. The van der Waals surface area contributed by atoms with Crippen molar-refractivity contribution in [3.05, 3.63) is 0 Å². The first-order valence-electron chi connectivity index (χ1n) is 8.73. The first kappa shape index (κ1) is 23.2. The van der Waals surface area contributed by atoms with E-state index in [-0.39, 0.29) is 17.8 Å². The molecule has 8 heteroatoms. The maximum absolute atomic E-state index is 12.2. The van der Waals surface area contributed by atoms with Gasteiger partial charge in [-0.25, -0.2) is 4.79 Å². The summed E-state index contributed by atoms with van der Waals surface area (Å²) in [5.74, 6) is -0.757. The predicted octanol–water partition coefficient (Wildman–Crippen LogP) is 0.308. The van der Waals surface area contributed by atoms with Crippen molar-refractivity contribution in [2.45, 2.75) is 69.2 Å². The summed E-state index contributed by atoms with van der Waals surface area (Å²) in [6, 6.07) is -1.32. The van der Waals surface area contributed by atoms with Gasteiger partial charge in [-0.3, -0.25) is 4.79 Å². The molecule has 0 aromatic rings. The Morgan fingerprint density at radius 3 is 2.17 bits per heavy atom. The molecule has 0 fully saturated rings. The average molecular weight is 363 g/mol. The molecule has 3 atom stereocenters. The first-order valence-corrected chi connectivity index (χ1v) is 9.24. The molecule has 0 saturated heterocycles. The van der Waals surface area contributed by atoms with Gasteiger partial charge in [0.05, 0.1) is 12.6 Å². The second-order valence-corrected chi connectivity index (χ2v) is 6.92. The molecule has 0 aliphatic carbocycles. The second-order valence-electron chi connectivity index (χ2n) is 6.04. The average Bonchev–Trinajstić information content (AvgIpc) is 2.53. The lowest BCUT2D eigenvalue weighted by Crippen LogP contribution is -2.49. The third-order valence-corrected chi connectivity index (χ3v) is 3.89. The fourth-order valence-corrected chi connectivity index (χ4v) is 2.20. The molecule has 24 heavy (non-hydrogen) atoms. The summed E-state index contributed by atoms with van der Waals surface area (Å²) in [5.41, 5.74) is 16.8. The van der Waals surface area contributed by atoms with E-state index in [0.717, 1.165) is 25.7 Å². The quantitative estimate of drug-likeness (QED) is 0.171. The van der Waals surface area contributed by atoms with Crippen LogP contribution in [0.4, 0.5) is 0 Å². The van der Waals surface area contributed by atoms with E-state index in [9.17, 15) is 9.59 Å². The van der Waals surface area contributed by atoms with Gasteiger partial charge in [0.25, 0.3) is 0 Å². The molecular formula is C16H34N4O3S. The second kappa shape index (κ2) is 14.5. The van der Waals surface area contributed by atoms with Gasteiger partial charge in [0.2, 0.25) is 5.91 Å². The zero-order valence-electron chi connectivity index (χ0n) is 14.7. The van der Waals surface area contributed by atoms with Gasteiger partial charge in [0.1, 0.15) is 6.04 Å². The lowest BCUT2D eigenvalue weighted by molar-refractivity contribution is -0.148. The molecule has 0 saturated carbocycles. The van der Waals surface area contributed by atoms with Gasteiger partial charge < -0.3 is 27.3 Å². The van der Waals surface area contributed by atoms with Crippen LogP contribution in [0, 0.1) is 0 Å². The Morgan fingerprint density at radius 2 is 1.62 bits per heavy atom. The Morgan fingerprint density at radius 1 is 1.04 bits per heavy atom. The third kappa shape index (κ3) is 11.7. The normalized spacial score (nSPS) is 14.7. The minimum absolute atomic E-state index is 0.152. The lowest BCUT2D eigenvalue weighted by Gasteiger charge is -2.20. The zero-order valence-corrected chi connectivity index (χ0v) is 15.6. The predicted molar refractivity (Wildman–Crippen MR) is 99.7 cm³/mol. The van der Waals surface area contributed by atoms with Gasteiger partial charge in [-0.15, -0.1) is 0 Å². The minimum atomic E-state index is -0.681. The first-order chi connectivity index (χ1) is 11.4. The van der Waals surface area contributed by atoms with Crippen LogP contribution in [-0.2, 0) is 14.3 Å². The molecule has 0 bridgehead atoms. The van der Waals surface area contributed by atoms with Crippen LogP contribution in [0.15, 0.2) is 0 Å². The van der Waals surface area contributed by atoms with Gasteiger partial charge in [0, 0.05) is 5.25 Å². The van der Waals surface area contributed by atoms with E-state index in [2.05, 4.69) is 17.9 Å². The van der Waals surface area contributed by atoms with Crippen molar-refractivity contribution in [1.82, 2.24) is 5.32 Å². The summed E-state index contributed by atoms with van der Waals surface area (Å²) in [7, 11) is 0. The van der Waals surface area contributed by atoms with Crippen LogP contribution < -0.4 is 22.5 Å². The van der Waals surface area contributed by atoms with Crippen LogP contribution in [0.25, 0.3) is 0 Å². The smallest absolute Gasteiger partial charge is 0.328 e. The molecule has 7 N–H and O–H groups in total. The summed E-state index contributed by atoms with van der Waals surface area (Å²) in [6.45, 7) is 3.34. The highest BCUT2D eigenvalue weighted by Crippen LogP contribution is 2.06. The van der Waals surface area contributed by atoms with Crippen LogP contribution >= 0.6 is 12.6 Å². The molecule has 0 aromatic heterocycles. The van der Waals surface area contributed by atoms with E-state index >= 15 is 0 Å². The summed E-state index contributed by atoms with van der Waals surface area (Å²) in [5, 5.41) is 2.86. The lowest BCUT2D eigenvalue weighted by atomic mass is 10.1. The van der Waals surface area contributed by atoms with E-state index in [0.29, 0.717) is 32.4 Å². The number of thiol groups is 1. The Hall–Kier alpha value is -0.830. The third-order valence-electron chi connectivity index (χ3n) is 3.63. The van der Waals surface area contributed by atoms with Crippen molar-refractivity contribution in [1.29, 1.82) is 0 Å². The molecule has 0 aromatic carbocycles. The van der Waals surface area contributed by atoms with E-state index in [1.54, 1.807) is 0 Å². The number of unbranched alkanes of at least 4 members (excludes halogenated alkanes) is 2. The van der Waals surface area contributed by atoms with Crippen molar-refractivity contribution >= 4 is 24.5 Å². The van der Waals surface area contributed by atoms with Crippen molar-refractivity contribution in [2.75, 3.05) is 19.7 Å². The molecule has 1 amide bonds. The Labute approximate surface area is 150 Å². The van der Waals surface area contributed by atoms with Gasteiger partial charge in [-0.05, 0) is 51.6 Å². The molecule has 1 unspecified atom stereocenters. The van der Waals surface area contributed by atoms with Crippen molar-refractivity contribution in [3.63, 3.8) is 0 Å². The number of carbonyl (C=O) groups excluding carboxylic acids is 2. The number of esters is 1. The molecule has 7 nitrogen and oxygen atoms in total. The highest BCUT2D eigenvalue weighted by atomic mass is 32.1. The fourth-order valence-electron chi connectivity index (χ4n) is 2.09. The summed E-state index contributed by atoms with van der Waals surface area (Å²) < 4.78 is 5.23. The van der Waals surface area contributed by atoms with Crippen molar-refractivity contribution in [2.24, 2.45) is 17.2 Å². The van der Waals surface area contributed by atoms with E-state index in [4.69, 9.17) is 21.9 Å². The Bertz CT molecular complexity index is 356. The number of hydrogen-bond acceptors (Lipinski definition) is 7. The molecule has 0 spiro atoms. The molecule has 142 valence electrons. The van der Waals surface area contributed by atoms with Crippen LogP contribution in [0.2, 0.25) is 0 Å².